The quantitative estimate of drug-likeness (QED) is 0.892. The van der Waals surface area contributed by atoms with Gasteiger partial charge in [-0.05, 0) is 33.0 Å². The summed E-state index contributed by atoms with van der Waals surface area (Å²) in [4.78, 5) is 30.0. The van der Waals surface area contributed by atoms with Crippen molar-refractivity contribution < 1.29 is 9.59 Å². The topological polar surface area (TPSA) is 62.3 Å². The fraction of sp³-hybridized carbons (Fsp3) is 0.500. The Hall–Kier alpha value is -1.43. The number of hydrogen-bond donors (Lipinski definition) is 1. The number of pyridine rings is 1. The smallest absolute Gasteiger partial charge is 0.243 e. The van der Waals surface area contributed by atoms with Gasteiger partial charge < -0.3 is 10.2 Å². The molecule has 1 aromatic rings. The lowest BCUT2D eigenvalue weighted by atomic mass is 9.83. The molecule has 0 bridgehead atoms. The minimum atomic E-state index is -0.470. The van der Waals surface area contributed by atoms with E-state index in [1.165, 1.54) is 0 Å². The highest BCUT2D eigenvalue weighted by atomic mass is 79.9. The van der Waals surface area contributed by atoms with Crippen molar-refractivity contribution in [1.82, 2.24) is 15.2 Å². The molecule has 1 aromatic heterocycles. The molecular weight excluding hydrogens is 322 g/mol. The summed E-state index contributed by atoms with van der Waals surface area (Å²) in [5, 5.41) is 2.66. The van der Waals surface area contributed by atoms with Gasteiger partial charge in [0, 0.05) is 23.4 Å². The van der Waals surface area contributed by atoms with E-state index in [0.717, 1.165) is 10.0 Å². The summed E-state index contributed by atoms with van der Waals surface area (Å²) >= 11 is 3.36. The first-order chi connectivity index (χ1) is 9.29. The fourth-order valence-electron chi connectivity index (χ4n) is 2.43. The van der Waals surface area contributed by atoms with Gasteiger partial charge in [-0.2, -0.15) is 0 Å². The third kappa shape index (κ3) is 3.17. The summed E-state index contributed by atoms with van der Waals surface area (Å²) in [6.07, 6.45) is 3.40. The van der Waals surface area contributed by atoms with Crippen LogP contribution in [0.1, 0.15) is 26.3 Å². The van der Waals surface area contributed by atoms with Gasteiger partial charge >= 0.3 is 0 Å². The van der Waals surface area contributed by atoms with Gasteiger partial charge in [-0.1, -0.05) is 20.8 Å². The zero-order chi connectivity index (χ0) is 14.9. The SMILES string of the molecule is CC(C)(C)C1C(=O)NCC(=O)N1Cc1cncc(Br)c1. The first kappa shape index (κ1) is 15.0. The van der Waals surface area contributed by atoms with E-state index in [0.29, 0.717) is 6.54 Å². The van der Waals surface area contributed by atoms with Crippen molar-refractivity contribution in [3.8, 4) is 0 Å². The fourth-order valence-corrected chi connectivity index (χ4v) is 2.84. The Labute approximate surface area is 126 Å². The van der Waals surface area contributed by atoms with E-state index in [1.807, 2.05) is 26.8 Å². The van der Waals surface area contributed by atoms with Crippen LogP contribution in [-0.2, 0) is 16.1 Å². The van der Waals surface area contributed by atoms with E-state index in [2.05, 4.69) is 26.2 Å². The van der Waals surface area contributed by atoms with Gasteiger partial charge in [0.15, 0.2) is 0 Å². The lowest BCUT2D eigenvalue weighted by Gasteiger charge is -2.42. The number of halogens is 1. The summed E-state index contributed by atoms with van der Waals surface area (Å²) in [6.45, 7) is 6.33. The standard InChI is InChI=1S/C14H18BrN3O2/c1-14(2,3)12-13(20)17-7-11(19)18(12)8-9-4-10(15)6-16-5-9/h4-6,12H,7-8H2,1-3H3,(H,17,20). The molecule has 1 aliphatic rings. The number of carbonyl (C=O) groups is 2. The summed E-state index contributed by atoms with van der Waals surface area (Å²) in [7, 11) is 0. The number of piperazine rings is 1. The van der Waals surface area contributed by atoms with Crippen LogP contribution in [0.4, 0.5) is 0 Å². The lowest BCUT2D eigenvalue weighted by molar-refractivity contribution is -0.150. The van der Waals surface area contributed by atoms with Gasteiger partial charge in [0.2, 0.25) is 11.8 Å². The highest BCUT2D eigenvalue weighted by Crippen LogP contribution is 2.28. The van der Waals surface area contributed by atoms with Crippen molar-refractivity contribution in [2.45, 2.75) is 33.4 Å². The Balaban J connectivity index is 2.29. The largest absolute Gasteiger partial charge is 0.345 e. The van der Waals surface area contributed by atoms with Crippen LogP contribution in [0.15, 0.2) is 22.9 Å². The van der Waals surface area contributed by atoms with Crippen molar-refractivity contribution in [3.05, 3.63) is 28.5 Å². The van der Waals surface area contributed by atoms with Gasteiger partial charge in [-0.3, -0.25) is 14.6 Å². The van der Waals surface area contributed by atoms with Gasteiger partial charge in [-0.25, -0.2) is 0 Å². The Morgan fingerprint density at radius 1 is 1.40 bits per heavy atom. The van der Waals surface area contributed by atoms with E-state index in [9.17, 15) is 9.59 Å². The third-order valence-corrected chi connectivity index (χ3v) is 3.66. The van der Waals surface area contributed by atoms with Crippen LogP contribution in [0.25, 0.3) is 0 Å². The molecule has 1 saturated heterocycles. The van der Waals surface area contributed by atoms with Crippen molar-refractivity contribution >= 4 is 27.7 Å². The molecule has 1 aliphatic heterocycles. The molecule has 1 N–H and O–H groups in total. The second kappa shape index (κ2) is 5.52. The van der Waals surface area contributed by atoms with Crippen molar-refractivity contribution in [2.24, 2.45) is 5.41 Å². The van der Waals surface area contributed by atoms with Gasteiger partial charge in [0.05, 0.1) is 6.54 Å². The van der Waals surface area contributed by atoms with Crippen LogP contribution in [0, 0.1) is 5.41 Å². The highest BCUT2D eigenvalue weighted by molar-refractivity contribution is 9.10. The second-order valence-corrected chi connectivity index (χ2v) is 6.94. The zero-order valence-electron chi connectivity index (χ0n) is 11.8. The maximum absolute atomic E-state index is 12.2. The minimum absolute atomic E-state index is 0.0623. The molecule has 1 atom stereocenters. The van der Waals surface area contributed by atoms with E-state index in [4.69, 9.17) is 0 Å². The maximum Gasteiger partial charge on any atom is 0.243 e. The van der Waals surface area contributed by atoms with E-state index >= 15 is 0 Å². The van der Waals surface area contributed by atoms with Crippen LogP contribution < -0.4 is 5.32 Å². The number of nitrogens with one attached hydrogen (secondary N) is 1. The summed E-state index contributed by atoms with van der Waals surface area (Å²) in [5.41, 5.74) is 0.580. The molecule has 20 heavy (non-hydrogen) atoms. The van der Waals surface area contributed by atoms with Gasteiger partial charge in [-0.15, -0.1) is 0 Å². The molecule has 1 unspecified atom stereocenters. The number of nitrogens with zero attached hydrogens (tertiary/aromatic N) is 2. The number of rotatable bonds is 2. The van der Waals surface area contributed by atoms with Crippen LogP contribution in [0.3, 0.4) is 0 Å². The molecule has 5 nitrogen and oxygen atoms in total. The second-order valence-electron chi connectivity index (χ2n) is 6.02. The van der Waals surface area contributed by atoms with Crippen LogP contribution in [0.5, 0.6) is 0 Å². The molecule has 0 aliphatic carbocycles. The first-order valence-electron chi connectivity index (χ1n) is 6.45. The van der Waals surface area contributed by atoms with Crippen molar-refractivity contribution in [2.75, 3.05) is 6.54 Å². The average Bonchev–Trinajstić information content (AvgIpc) is 2.32. The maximum atomic E-state index is 12.2. The molecule has 0 radical (unpaired) electrons. The van der Waals surface area contributed by atoms with E-state index in [-0.39, 0.29) is 23.8 Å². The number of hydrogen-bond acceptors (Lipinski definition) is 3. The Bertz CT molecular complexity index is 539. The summed E-state index contributed by atoms with van der Waals surface area (Å²) in [5.74, 6) is -0.162. The molecule has 0 spiro atoms. The zero-order valence-corrected chi connectivity index (χ0v) is 13.4. The van der Waals surface area contributed by atoms with Crippen LogP contribution in [0.2, 0.25) is 0 Å². The normalized spacial score (nSPS) is 20.0. The van der Waals surface area contributed by atoms with Gasteiger partial charge in [0.25, 0.3) is 0 Å². The first-order valence-corrected chi connectivity index (χ1v) is 7.25. The molecule has 6 heteroatoms. The minimum Gasteiger partial charge on any atom is -0.345 e. The number of carbonyl (C=O) groups excluding carboxylic acids is 2. The van der Waals surface area contributed by atoms with Crippen molar-refractivity contribution in [1.29, 1.82) is 0 Å². The molecule has 0 aromatic carbocycles. The molecule has 2 rings (SSSR count). The van der Waals surface area contributed by atoms with Gasteiger partial charge in [0.1, 0.15) is 6.04 Å². The Morgan fingerprint density at radius 3 is 2.70 bits per heavy atom. The van der Waals surface area contributed by atoms with E-state index in [1.54, 1.807) is 17.3 Å². The molecule has 2 amide bonds. The van der Waals surface area contributed by atoms with Crippen molar-refractivity contribution in [3.63, 3.8) is 0 Å². The van der Waals surface area contributed by atoms with Crippen LogP contribution in [-0.4, -0.2) is 34.3 Å². The predicted molar refractivity (Wildman–Crippen MR) is 78.7 cm³/mol. The molecule has 0 saturated carbocycles. The monoisotopic (exact) mass is 339 g/mol. The van der Waals surface area contributed by atoms with E-state index < -0.39 is 6.04 Å². The molecule has 108 valence electrons. The third-order valence-electron chi connectivity index (χ3n) is 3.23. The molecule has 1 fully saturated rings. The number of amides is 2. The van der Waals surface area contributed by atoms with Crippen LogP contribution >= 0.6 is 15.9 Å². The lowest BCUT2D eigenvalue weighted by Crippen LogP contribution is -2.62. The molecular formula is C14H18BrN3O2. The molecule has 2 heterocycles. The Morgan fingerprint density at radius 2 is 2.10 bits per heavy atom. The summed E-state index contributed by atoms with van der Waals surface area (Å²) < 4.78 is 0.858. The highest BCUT2D eigenvalue weighted by Gasteiger charge is 2.41. The predicted octanol–water partition coefficient (Wildman–Crippen LogP) is 1.72. The Kier molecular flexibility index (Phi) is 4.13. The number of aromatic nitrogens is 1. The average molecular weight is 340 g/mol. The summed E-state index contributed by atoms with van der Waals surface area (Å²) in [6, 6.07) is 1.44.